The summed E-state index contributed by atoms with van der Waals surface area (Å²) in [6.45, 7) is 0. The average Bonchev–Trinajstić information content (AvgIpc) is 3.54. The van der Waals surface area contributed by atoms with Gasteiger partial charge in [-0.25, -0.2) is 0 Å². The number of fused-ring (bicyclic) bond motifs is 7. The van der Waals surface area contributed by atoms with Crippen LogP contribution in [0.3, 0.4) is 0 Å². The Labute approximate surface area is 283 Å². The van der Waals surface area contributed by atoms with Crippen molar-refractivity contribution in [3.63, 3.8) is 0 Å². The van der Waals surface area contributed by atoms with Gasteiger partial charge in [-0.1, -0.05) is 140 Å². The van der Waals surface area contributed by atoms with Gasteiger partial charge in [0.15, 0.2) is 0 Å². The minimum atomic E-state index is 0.926. The summed E-state index contributed by atoms with van der Waals surface area (Å²) < 4.78 is 2.49. The zero-order chi connectivity index (χ0) is 32.3. The van der Waals surface area contributed by atoms with E-state index in [0.717, 1.165) is 38.6 Å². The van der Waals surface area contributed by atoms with Crippen LogP contribution in [0.1, 0.15) is 0 Å². The maximum atomic E-state index is 4.98. The molecular formula is C46H29N3. The second-order valence-electron chi connectivity index (χ2n) is 12.6. The molecule has 3 aromatic heterocycles. The molecule has 0 aliphatic rings. The highest BCUT2D eigenvalue weighted by molar-refractivity contribution is 6.18. The molecule has 0 spiro atoms. The molecule has 3 nitrogen and oxygen atoms in total. The van der Waals surface area contributed by atoms with Gasteiger partial charge in [0.1, 0.15) is 0 Å². The van der Waals surface area contributed by atoms with E-state index in [9.17, 15) is 0 Å². The molecule has 0 amide bonds. The smallest absolute Gasteiger partial charge is 0.0964 e. The summed E-state index contributed by atoms with van der Waals surface area (Å²) in [5.41, 5.74) is 11.2. The van der Waals surface area contributed by atoms with Gasteiger partial charge in [0.2, 0.25) is 0 Å². The van der Waals surface area contributed by atoms with Crippen molar-refractivity contribution in [1.29, 1.82) is 0 Å². The summed E-state index contributed by atoms with van der Waals surface area (Å²) >= 11 is 0. The van der Waals surface area contributed by atoms with Gasteiger partial charge in [-0.3, -0.25) is 9.97 Å². The van der Waals surface area contributed by atoms with Crippen molar-refractivity contribution in [2.24, 2.45) is 0 Å². The van der Waals surface area contributed by atoms with Crippen LogP contribution in [0.5, 0.6) is 0 Å². The van der Waals surface area contributed by atoms with Crippen molar-refractivity contribution in [1.82, 2.24) is 14.5 Å². The summed E-state index contributed by atoms with van der Waals surface area (Å²) in [6.07, 6.45) is 3.84. The van der Waals surface area contributed by atoms with Crippen LogP contribution in [0.2, 0.25) is 0 Å². The summed E-state index contributed by atoms with van der Waals surface area (Å²) in [7, 11) is 0. The van der Waals surface area contributed by atoms with E-state index in [1.54, 1.807) is 0 Å². The third-order valence-corrected chi connectivity index (χ3v) is 9.82. The molecule has 7 aromatic carbocycles. The van der Waals surface area contributed by atoms with Crippen LogP contribution in [-0.4, -0.2) is 14.5 Å². The highest BCUT2D eigenvalue weighted by Gasteiger charge is 2.23. The third-order valence-electron chi connectivity index (χ3n) is 9.82. The molecule has 10 rings (SSSR count). The fourth-order valence-electron chi connectivity index (χ4n) is 7.61. The van der Waals surface area contributed by atoms with Crippen LogP contribution < -0.4 is 0 Å². The number of hydrogen-bond acceptors (Lipinski definition) is 2. The number of pyridine rings is 2. The molecule has 0 fully saturated rings. The normalized spacial score (nSPS) is 11.7. The summed E-state index contributed by atoms with van der Waals surface area (Å²) in [5.74, 6) is 0. The fourth-order valence-corrected chi connectivity index (χ4v) is 7.61. The predicted octanol–water partition coefficient (Wildman–Crippen LogP) is 12.0. The highest BCUT2D eigenvalue weighted by Crippen LogP contribution is 2.46. The van der Waals surface area contributed by atoms with Gasteiger partial charge in [-0.2, -0.15) is 0 Å². The minimum absolute atomic E-state index is 0.926. The Morgan fingerprint density at radius 3 is 1.96 bits per heavy atom. The molecule has 0 saturated heterocycles. The molecule has 3 heterocycles. The SMILES string of the molecule is c1ccc(-c2c(-c3ccccc3)n(-c3ccc4ccccc4c3)c3c2ccc2c(-c4cnc5c(ccc6cccnc65)c4)cccc23)cc1. The van der Waals surface area contributed by atoms with E-state index in [1.807, 2.05) is 18.5 Å². The first-order chi connectivity index (χ1) is 24.3. The van der Waals surface area contributed by atoms with Gasteiger partial charge in [0.25, 0.3) is 0 Å². The van der Waals surface area contributed by atoms with Crippen molar-refractivity contribution >= 4 is 54.3 Å². The van der Waals surface area contributed by atoms with E-state index in [-0.39, 0.29) is 0 Å². The Balaban J connectivity index is 1.31. The molecule has 10 aromatic rings. The van der Waals surface area contributed by atoms with E-state index >= 15 is 0 Å². The fraction of sp³-hybridized carbons (Fsp3) is 0. The lowest BCUT2D eigenvalue weighted by molar-refractivity contribution is 1.14. The van der Waals surface area contributed by atoms with E-state index in [2.05, 4.69) is 167 Å². The lowest BCUT2D eigenvalue weighted by atomic mass is 9.94. The Morgan fingerprint density at radius 2 is 1.10 bits per heavy atom. The van der Waals surface area contributed by atoms with Crippen LogP contribution in [0.25, 0.3) is 93.5 Å². The molecule has 0 unspecified atom stereocenters. The van der Waals surface area contributed by atoms with Crippen molar-refractivity contribution in [2.75, 3.05) is 0 Å². The molecule has 0 aliphatic heterocycles. The second kappa shape index (κ2) is 11.0. The molecule has 0 radical (unpaired) electrons. The van der Waals surface area contributed by atoms with Crippen LogP contribution in [0, 0.1) is 0 Å². The van der Waals surface area contributed by atoms with Gasteiger partial charge in [-0.15, -0.1) is 0 Å². The van der Waals surface area contributed by atoms with Crippen molar-refractivity contribution in [2.45, 2.75) is 0 Å². The molecule has 0 N–H and O–H groups in total. The van der Waals surface area contributed by atoms with E-state index < -0.39 is 0 Å². The molecule has 3 heteroatoms. The van der Waals surface area contributed by atoms with Gasteiger partial charge in [-0.05, 0) is 57.1 Å². The molecular weight excluding hydrogens is 595 g/mol. The second-order valence-corrected chi connectivity index (χ2v) is 12.6. The zero-order valence-electron chi connectivity index (χ0n) is 26.6. The average molecular weight is 624 g/mol. The topological polar surface area (TPSA) is 30.7 Å². The number of benzene rings is 7. The molecule has 0 aliphatic carbocycles. The van der Waals surface area contributed by atoms with Crippen molar-refractivity contribution in [3.8, 4) is 39.2 Å². The predicted molar refractivity (Wildman–Crippen MR) is 205 cm³/mol. The molecule has 0 bridgehead atoms. The first-order valence-corrected chi connectivity index (χ1v) is 16.7. The van der Waals surface area contributed by atoms with E-state index in [4.69, 9.17) is 4.98 Å². The Hall–Kier alpha value is -6.58. The van der Waals surface area contributed by atoms with Crippen LogP contribution in [0.15, 0.2) is 176 Å². The molecule has 0 saturated carbocycles. The summed E-state index contributed by atoms with van der Waals surface area (Å²) in [6, 6.07) is 58.9. The number of rotatable bonds is 4. The monoisotopic (exact) mass is 623 g/mol. The Kier molecular flexibility index (Phi) is 6.18. The summed E-state index contributed by atoms with van der Waals surface area (Å²) in [5, 5.41) is 8.23. The lowest BCUT2D eigenvalue weighted by Gasteiger charge is -2.15. The lowest BCUT2D eigenvalue weighted by Crippen LogP contribution is -1.98. The highest BCUT2D eigenvalue weighted by atomic mass is 15.0. The molecule has 228 valence electrons. The molecule has 49 heavy (non-hydrogen) atoms. The van der Waals surface area contributed by atoms with Crippen LogP contribution >= 0.6 is 0 Å². The van der Waals surface area contributed by atoms with Crippen LogP contribution in [-0.2, 0) is 0 Å². The minimum Gasteiger partial charge on any atom is -0.308 e. The maximum Gasteiger partial charge on any atom is 0.0964 e. The van der Waals surface area contributed by atoms with Gasteiger partial charge in [0, 0.05) is 50.8 Å². The largest absolute Gasteiger partial charge is 0.308 e. The van der Waals surface area contributed by atoms with Gasteiger partial charge in [0.05, 0.1) is 22.2 Å². The quantitative estimate of drug-likeness (QED) is 0.183. The Bertz CT molecular complexity index is 2870. The first-order valence-electron chi connectivity index (χ1n) is 16.7. The third kappa shape index (κ3) is 4.37. The van der Waals surface area contributed by atoms with E-state index in [0.29, 0.717) is 0 Å². The van der Waals surface area contributed by atoms with Gasteiger partial charge >= 0.3 is 0 Å². The van der Waals surface area contributed by atoms with E-state index in [1.165, 1.54) is 54.8 Å². The first kappa shape index (κ1) is 27.5. The summed E-state index contributed by atoms with van der Waals surface area (Å²) in [4.78, 5) is 9.63. The van der Waals surface area contributed by atoms with Crippen molar-refractivity contribution < 1.29 is 0 Å². The maximum absolute atomic E-state index is 4.98. The van der Waals surface area contributed by atoms with Crippen LogP contribution in [0.4, 0.5) is 0 Å². The standard InChI is InChI=1S/C46H29N3/c1-3-12-31(13-4-1)42-41-25-24-39-38(36-27-35-21-20-32-17-10-26-47-43(32)44(35)48-29-36)18-9-19-40(39)46(41)49(45(42)33-14-5-2-6-15-33)37-23-22-30-11-7-8-16-34(30)28-37/h1-29H. The number of hydrogen-bond donors (Lipinski definition) is 0. The zero-order valence-corrected chi connectivity index (χ0v) is 26.6. The molecule has 0 atom stereocenters. The van der Waals surface area contributed by atoms with Crippen molar-refractivity contribution in [3.05, 3.63) is 176 Å². The Morgan fingerprint density at radius 1 is 0.408 bits per heavy atom. The number of nitrogens with zero attached hydrogens (tertiary/aromatic N) is 3. The van der Waals surface area contributed by atoms with Gasteiger partial charge < -0.3 is 4.57 Å². The number of aromatic nitrogens is 3.